The number of nitrogens with zero attached hydrogens (tertiary/aromatic N) is 1. The fourth-order valence-electron chi connectivity index (χ4n) is 7.26. The average Bonchev–Trinajstić information content (AvgIpc) is 3.34. The number of fused-ring (bicyclic) bond motifs is 5. The van der Waals surface area contributed by atoms with Crippen LogP contribution in [0.1, 0.15) is 58.8 Å². The molecule has 5 rings (SSSR count). The third kappa shape index (κ3) is 1.94. The summed E-state index contributed by atoms with van der Waals surface area (Å²) in [6, 6.07) is 0.621. The second-order valence-electron chi connectivity index (χ2n) is 9.79. The van der Waals surface area contributed by atoms with E-state index in [0.717, 1.165) is 31.6 Å². The lowest BCUT2D eigenvalue weighted by Crippen LogP contribution is -2.57. The maximum atomic E-state index is 12.1. The molecule has 5 aliphatic rings. The van der Waals surface area contributed by atoms with Crippen LogP contribution in [0.4, 0.5) is 0 Å². The smallest absolute Gasteiger partial charge is 0.155 e. The van der Waals surface area contributed by atoms with Crippen molar-refractivity contribution < 1.29 is 9.90 Å². The van der Waals surface area contributed by atoms with E-state index < -0.39 is 0 Å². The van der Waals surface area contributed by atoms with Crippen molar-refractivity contribution in [1.29, 1.82) is 0 Å². The van der Waals surface area contributed by atoms with Gasteiger partial charge < -0.3 is 5.11 Å². The molecular formula is C21H31NO2. The Kier molecular flexibility index (Phi) is 3.21. The number of hydrogen-bond donors (Lipinski definition) is 1. The Bertz CT molecular complexity index is 609. The second-order valence-corrected chi connectivity index (χ2v) is 9.79. The molecule has 4 aliphatic carbocycles. The number of hydrogen-bond acceptors (Lipinski definition) is 3. The van der Waals surface area contributed by atoms with Crippen molar-refractivity contribution in [3.05, 3.63) is 11.6 Å². The number of carbonyl (C=O) groups is 1. The maximum Gasteiger partial charge on any atom is 0.155 e. The number of aliphatic hydroxyl groups is 1. The maximum absolute atomic E-state index is 12.1. The molecule has 3 nitrogen and oxygen atoms in total. The number of ketones is 1. The van der Waals surface area contributed by atoms with E-state index in [4.69, 9.17) is 0 Å². The van der Waals surface area contributed by atoms with Gasteiger partial charge in [0, 0.05) is 25.6 Å². The summed E-state index contributed by atoms with van der Waals surface area (Å²) in [5.74, 6) is 2.45. The molecule has 3 heteroatoms. The van der Waals surface area contributed by atoms with E-state index >= 15 is 0 Å². The van der Waals surface area contributed by atoms with Crippen LogP contribution in [0.5, 0.6) is 0 Å². The van der Waals surface area contributed by atoms with Crippen molar-refractivity contribution >= 4 is 5.78 Å². The van der Waals surface area contributed by atoms with Crippen LogP contribution in [0.15, 0.2) is 11.6 Å². The van der Waals surface area contributed by atoms with E-state index in [1.54, 1.807) is 0 Å². The fourth-order valence-corrected chi connectivity index (χ4v) is 7.26. The Morgan fingerprint density at radius 3 is 2.67 bits per heavy atom. The molecule has 1 saturated heterocycles. The van der Waals surface area contributed by atoms with E-state index in [-0.39, 0.29) is 16.9 Å². The first-order valence-electron chi connectivity index (χ1n) is 10.1. The number of aliphatic hydroxyl groups excluding tert-OH is 1. The van der Waals surface area contributed by atoms with Crippen molar-refractivity contribution in [2.75, 3.05) is 13.1 Å². The monoisotopic (exact) mass is 329 g/mol. The zero-order valence-electron chi connectivity index (χ0n) is 15.1. The van der Waals surface area contributed by atoms with Crippen LogP contribution in [-0.4, -0.2) is 41.0 Å². The highest BCUT2D eigenvalue weighted by Gasteiger charge is 2.62. The molecule has 0 spiro atoms. The first-order chi connectivity index (χ1) is 11.4. The van der Waals surface area contributed by atoms with Gasteiger partial charge in [0.05, 0.1) is 6.10 Å². The first-order valence-corrected chi connectivity index (χ1v) is 10.1. The molecule has 7 unspecified atom stereocenters. The van der Waals surface area contributed by atoms with Crippen molar-refractivity contribution in [1.82, 2.24) is 4.90 Å². The van der Waals surface area contributed by atoms with E-state index in [9.17, 15) is 9.90 Å². The Morgan fingerprint density at radius 1 is 1.12 bits per heavy atom. The number of carbonyl (C=O) groups excluding carboxylic acids is 1. The topological polar surface area (TPSA) is 40.3 Å². The first kappa shape index (κ1) is 15.6. The van der Waals surface area contributed by atoms with Gasteiger partial charge in [0.1, 0.15) is 0 Å². The van der Waals surface area contributed by atoms with Gasteiger partial charge in [-0.05, 0) is 73.2 Å². The Hall–Kier alpha value is -0.670. The molecule has 0 aromatic heterocycles. The molecule has 132 valence electrons. The van der Waals surface area contributed by atoms with E-state index in [2.05, 4.69) is 18.7 Å². The highest BCUT2D eigenvalue weighted by atomic mass is 16.3. The van der Waals surface area contributed by atoms with E-state index in [0.29, 0.717) is 23.7 Å². The molecule has 1 aliphatic heterocycles. The summed E-state index contributed by atoms with van der Waals surface area (Å²) in [5, 5.41) is 10.7. The summed E-state index contributed by atoms with van der Waals surface area (Å²) < 4.78 is 0. The van der Waals surface area contributed by atoms with Crippen LogP contribution in [-0.2, 0) is 4.79 Å². The highest BCUT2D eigenvalue weighted by molar-refractivity contribution is 5.91. The molecular weight excluding hydrogens is 298 g/mol. The van der Waals surface area contributed by atoms with Crippen molar-refractivity contribution in [3.8, 4) is 0 Å². The van der Waals surface area contributed by atoms with Gasteiger partial charge in [-0.15, -0.1) is 0 Å². The lowest BCUT2D eigenvalue weighted by molar-refractivity contribution is -0.119. The largest absolute Gasteiger partial charge is 0.393 e. The van der Waals surface area contributed by atoms with Crippen LogP contribution in [0.2, 0.25) is 0 Å². The summed E-state index contributed by atoms with van der Waals surface area (Å²) in [6.45, 7) is 7.29. The Balaban J connectivity index is 1.58. The molecule has 7 atom stereocenters. The zero-order chi connectivity index (χ0) is 16.7. The minimum Gasteiger partial charge on any atom is -0.393 e. The zero-order valence-corrected chi connectivity index (χ0v) is 15.1. The number of rotatable bonds is 1. The standard InChI is InChI=1S/C21H31NO2/c1-20-7-5-14(23)11-13(20)12-17(22-9-10-22)19-15-3-4-18(24)21(15,2)8-6-16(19)20/h11,15-19,24H,3-10,12H2,1-2H3. The van der Waals surface area contributed by atoms with E-state index in [1.165, 1.54) is 37.9 Å². The SMILES string of the molecule is CC12CCC(=O)C=C1CC(N1CC1)C1C2CCC2(C)C(O)CCC12. The normalized spacial score (nSPS) is 53.9. The summed E-state index contributed by atoms with van der Waals surface area (Å²) in [6.07, 6.45) is 9.42. The molecule has 24 heavy (non-hydrogen) atoms. The summed E-state index contributed by atoms with van der Waals surface area (Å²) in [7, 11) is 0. The van der Waals surface area contributed by atoms with Crippen LogP contribution >= 0.6 is 0 Å². The van der Waals surface area contributed by atoms with Crippen molar-refractivity contribution in [2.24, 2.45) is 28.6 Å². The lowest BCUT2D eigenvalue weighted by atomic mass is 9.46. The van der Waals surface area contributed by atoms with Gasteiger partial charge in [-0.25, -0.2) is 0 Å². The van der Waals surface area contributed by atoms with Gasteiger partial charge in [0.25, 0.3) is 0 Å². The molecule has 1 N–H and O–H groups in total. The average molecular weight is 329 g/mol. The summed E-state index contributed by atoms with van der Waals surface area (Å²) in [4.78, 5) is 14.7. The van der Waals surface area contributed by atoms with Gasteiger partial charge in [-0.1, -0.05) is 19.4 Å². The summed E-state index contributed by atoms with van der Waals surface area (Å²) in [5.41, 5.74) is 1.83. The van der Waals surface area contributed by atoms with Crippen LogP contribution in [0.25, 0.3) is 0 Å². The van der Waals surface area contributed by atoms with Crippen molar-refractivity contribution in [2.45, 2.75) is 70.9 Å². The van der Waals surface area contributed by atoms with Crippen LogP contribution < -0.4 is 0 Å². The van der Waals surface area contributed by atoms with Gasteiger partial charge in [0.2, 0.25) is 0 Å². The van der Waals surface area contributed by atoms with Crippen LogP contribution in [0.3, 0.4) is 0 Å². The Labute approximate surface area is 145 Å². The molecule has 0 radical (unpaired) electrons. The molecule has 1 heterocycles. The molecule has 4 fully saturated rings. The minimum atomic E-state index is -0.101. The molecule has 0 aromatic rings. The minimum absolute atomic E-state index is 0.101. The second kappa shape index (κ2) is 4.94. The van der Waals surface area contributed by atoms with Gasteiger partial charge in [-0.3, -0.25) is 9.69 Å². The summed E-state index contributed by atoms with van der Waals surface area (Å²) >= 11 is 0. The third-order valence-electron chi connectivity index (χ3n) is 8.88. The van der Waals surface area contributed by atoms with Crippen molar-refractivity contribution in [3.63, 3.8) is 0 Å². The molecule has 0 amide bonds. The molecule has 0 bridgehead atoms. The van der Waals surface area contributed by atoms with E-state index in [1.807, 2.05) is 6.08 Å². The van der Waals surface area contributed by atoms with Gasteiger partial charge in [0.15, 0.2) is 5.78 Å². The fraction of sp³-hybridized carbons (Fsp3) is 0.857. The van der Waals surface area contributed by atoms with Crippen LogP contribution in [0, 0.1) is 28.6 Å². The molecule has 3 saturated carbocycles. The predicted molar refractivity (Wildman–Crippen MR) is 93.5 cm³/mol. The third-order valence-corrected chi connectivity index (χ3v) is 8.88. The van der Waals surface area contributed by atoms with Gasteiger partial charge >= 0.3 is 0 Å². The Morgan fingerprint density at radius 2 is 1.92 bits per heavy atom. The quantitative estimate of drug-likeness (QED) is 0.751. The molecule has 0 aromatic carbocycles. The highest BCUT2D eigenvalue weighted by Crippen LogP contribution is 2.66. The lowest BCUT2D eigenvalue weighted by Gasteiger charge is -2.60. The van der Waals surface area contributed by atoms with Gasteiger partial charge in [-0.2, -0.15) is 0 Å². The predicted octanol–water partition coefficient (Wildman–Crippen LogP) is 3.17.